The standard InChI is InChI=1S/C15H29N/c1-2-3-4-5-6-7-11-14-16-15-12-9-8-10-13-15/h8-9,15-16H,2-7,10-14H2,1H3. The molecule has 0 spiro atoms. The van der Waals surface area contributed by atoms with Gasteiger partial charge in [0, 0.05) is 6.04 Å². The summed E-state index contributed by atoms with van der Waals surface area (Å²) < 4.78 is 0. The van der Waals surface area contributed by atoms with E-state index in [2.05, 4.69) is 24.4 Å². The van der Waals surface area contributed by atoms with Crippen molar-refractivity contribution in [2.45, 2.75) is 77.2 Å². The number of nitrogens with one attached hydrogen (secondary N) is 1. The lowest BCUT2D eigenvalue weighted by molar-refractivity contribution is 0.459. The predicted octanol–water partition coefficient (Wildman–Crippen LogP) is 4.44. The van der Waals surface area contributed by atoms with Crippen LogP contribution in [-0.4, -0.2) is 12.6 Å². The van der Waals surface area contributed by atoms with Crippen molar-refractivity contribution in [1.29, 1.82) is 0 Å². The summed E-state index contributed by atoms with van der Waals surface area (Å²) in [6.07, 6.45) is 18.4. The second kappa shape index (κ2) is 9.89. The fourth-order valence-corrected chi connectivity index (χ4v) is 2.37. The minimum atomic E-state index is 0.769. The van der Waals surface area contributed by atoms with Crippen LogP contribution in [0.5, 0.6) is 0 Å². The van der Waals surface area contributed by atoms with E-state index in [0.717, 1.165) is 6.04 Å². The molecule has 0 bridgehead atoms. The van der Waals surface area contributed by atoms with E-state index in [0.29, 0.717) is 0 Å². The van der Waals surface area contributed by atoms with Crippen LogP contribution in [0.25, 0.3) is 0 Å². The molecule has 94 valence electrons. The lowest BCUT2D eigenvalue weighted by Gasteiger charge is -2.19. The maximum atomic E-state index is 3.67. The smallest absolute Gasteiger partial charge is 0.0104 e. The molecule has 0 saturated heterocycles. The van der Waals surface area contributed by atoms with Crippen molar-refractivity contribution in [3.8, 4) is 0 Å². The zero-order chi connectivity index (χ0) is 11.5. The highest BCUT2D eigenvalue weighted by molar-refractivity contribution is 4.92. The fourth-order valence-electron chi connectivity index (χ4n) is 2.37. The molecule has 0 heterocycles. The van der Waals surface area contributed by atoms with Crippen LogP contribution >= 0.6 is 0 Å². The van der Waals surface area contributed by atoms with Crippen molar-refractivity contribution >= 4 is 0 Å². The van der Waals surface area contributed by atoms with E-state index in [4.69, 9.17) is 0 Å². The third kappa shape index (κ3) is 7.05. The summed E-state index contributed by atoms with van der Waals surface area (Å²) >= 11 is 0. The van der Waals surface area contributed by atoms with Crippen LogP contribution in [0.1, 0.15) is 71.1 Å². The number of hydrogen-bond acceptors (Lipinski definition) is 1. The first-order valence-corrected chi connectivity index (χ1v) is 7.32. The van der Waals surface area contributed by atoms with Crippen molar-refractivity contribution in [1.82, 2.24) is 5.32 Å². The van der Waals surface area contributed by atoms with E-state index < -0.39 is 0 Å². The second-order valence-electron chi connectivity index (χ2n) is 5.06. The molecule has 0 aromatic heterocycles. The lowest BCUT2D eigenvalue weighted by atomic mass is 10.0. The number of rotatable bonds is 9. The van der Waals surface area contributed by atoms with Gasteiger partial charge in [-0.2, -0.15) is 0 Å². The molecule has 0 aromatic carbocycles. The van der Waals surface area contributed by atoms with Gasteiger partial charge in [-0.3, -0.25) is 0 Å². The molecule has 0 fully saturated rings. The lowest BCUT2D eigenvalue weighted by Crippen LogP contribution is -2.30. The van der Waals surface area contributed by atoms with Crippen molar-refractivity contribution in [3.63, 3.8) is 0 Å². The summed E-state index contributed by atoms with van der Waals surface area (Å²) in [5.74, 6) is 0. The summed E-state index contributed by atoms with van der Waals surface area (Å²) in [7, 11) is 0. The predicted molar refractivity (Wildman–Crippen MR) is 72.8 cm³/mol. The Kier molecular flexibility index (Phi) is 8.51. The average molecular weight is 223 g/mol. The van der Waals surface area contributed by atoms with Gasteiger partial charge in [-0.05, 0) is 32.2 Å². The first-order valence-electron chi connectivity index (χ1n) is 7.32. The van der Waals surface area contributed by atoms with E-state index in [1.807, 2.05) is 0 Å². The average Bonchev–Trinajstić information content (AvgIpc) is 2.34. The monoisotopic (exact) mass is 223 g/mol. The highest BCUT2D eigenvalue weighted by atomic mass is 14.9. The Bertz CT molecular complexity index is 174. The zero-order valence-electron chi connectivity index (χ0n) is 11.0. The van der Waals surface area contributed by atoms with Crippen molar-refractivity contribution < 1.29 is 0 Å². The van der Waals surface area contributed by atoms with Gasteiger partial charge in [0.05, 0.1) is 0 Å². The molecule has 0 saturated carbocycles. The van der Waals surface area contributed by atoms with E-state index >= 15 is 0 Å². The minimum Gasteiger partial charge on any atom is -0.314 e. The van der Waals surface area contributed by atoms with E-state index in [9.17, 15) is 0 Å². The van der Waals surface area contributed by atoms with Gasteiger partial charge >= 0.3 is 0 Å². The molecule has 0 aliphatic heterocycles. The largest absolute Gasteiger partial charge is 0.314 e. The van der Waals surface area contributed by atoms with Crippen molar-refractivity contribution in [2.24, 2.45) is 0 Å². The maximum absolute atomic E-state index is 3.67. The van der Waals surface area contributed by atoms with Gasteiger partial charge in [-0.1, -0.05) is 57.6 Å². The number of allylic oxidation sites excluding steroid dienone is 1. The molecule has 1 aliphatic rings. The first-order chi connectivity index (χ1) is 7.93. The fraction of sp³-hybridized carbons (Fsp3) is 0.867. The molecule has 1 unspecified atom stereocenters. The molecular formula is C15H29N. The molecular weight excluding hydrogens is 194 g/mol. The Morgan fingerprint density at radius 3 is 2.44 bits per heavy atom. The van der Waals surface area contributed by atoms with Crippen LogP contribution in [0.2, 0.25) is 0 Å². The van der Waals surface area contributed by atoms with Crippen LogP contribution in [0.4, 0.5) is 0 Å². The van der Waals surface area contributed by atoms with Gasteiger partial charge in [0.1, 0.15) is 0 Å². The molecule has 1 atom stereocenters. The second-order valence-corrected chi connectivity index (χ2v) is 5.06. The molecule has 0 radical (unpaired) electrons. The molecule has 1 aliphatic carbocycles. The highest BCUT2D eigenvalue weighted by Crippen LogP contribution is 2.11. The van der Waals surface area contributed by atoms with E-state index in [1.165, 1.54) is 70.8 Å². The Labute approximate surface area is 102 Å². The Morgan fingerprint density at radius 1 is 1.00 bits per heavy atom. The number of hydrogen-bond donors (Lipinski definition) is 1. The first kappa shape index (κ1) is 13.8. The molecule has 0 aromatic rings. The summed E-state index contributed by atoms with van der Waals surface area (Å²) in [4.78, 5) is 0. The molecule has 0 amide bonds. The highest BCUT2D eigenvalue weighted by Gasteiger charge is 2.07. The summed E-state index contributed by atoms with van der Waals surface area (Å²) in [6.45, 7) is 3.51. The van der Waals surface area contributed by atoms with Gasteiger partial charge < -0.3 is 5.32 Å². The molecule has 1 N–H and O–H groups in total. The summed E-state index contributed by atoms with van der Waals surface area (Å²) in [6, 6.07) is 0.769. The molecule has 16 heavy (non-hydrogen) atoms. The third-order valence-corrected chi connectivity index (χ3v) is 3.48. The molecule has 1 heteroatoms. The van der Waals surface area contributed by atoms with E-state index in [-0.39, 0.29) is 0 Å². The summed E-state index contributed by atoms with van der Waals surface area (Å²) in [5, 5.41) is 3.67. The van der Waals surface area contributed by atoms with Crippen molar-refractivity contribution in [2.75, 3.05) is 6.54 Å². The maximum Gasteiger partial charge on any atom is 0.0104 e. The Morgan fingerprint density at radius 2 is 1.75 bits per heavy atom. The minimum absolute atomic E-state index is 0.769. The molecule has 1 nitrogen and oxygen atoms in total. The van der Waals surface area contributed by atoms with Gasteiger partial charge in [0.15, 0.2) is 0 Å². The van der Waals surface area contributed by atoms with Crippen LogP contribution < -0.4 is 5.32 Å². The van der Waals surface area contributed by atoms with Gasteiger partial charge in [0.25, 0.3) is 0 Å². The van der Waals surface area contributed by atoms with Gasteiger partial charge in [-0.25, -0.2) is 0 Å². The number of unbranched alkanes of at least 4 members (excludes halogenated alkanes) is 6. The Hall–Kier alpha value is -0.300. The summed E-state index contributed by atoms with van der Waals surface area (Å²) in [5.41, 5.74) is 0. The SMILES string of the molecule is CCCCCCCCCNC1CC=CCC1. The zero-order valence-corrected chi connectivity index (χ0v) is 11.0. The molecule has 1 rings (SSSR count). The quantitative estimate of drug-likeness (QED) is 0.450. The van der Waals surface area contributed by atoms with Crippen LogP contribution in [-0.2, 0) is 0 Å². The van der Waals surface area contributed by atoms with E-state index in [1.54, 1.807) is 0 Å². The van der Waals surface area contributed by atoms with Crippen LogP contribution in [0.15, 0.2) is 12.2 Å². The Balaban J connectivity index is 1.79. The third-order valence-electron chi connectivity index (χ3n) is 3.48. The van der Waals surface area contributed by atoms with Gasteiger partial charge in [0.2, 0.25) is 0 Å². The van der Waals surface area contributed by atoms with Crippen LogP contribution in [0.3, 0.4) is 0 Å². The van der Waals surface area contributed by atoms with Crippen LogP contribution in [0, 0.1) is 0 Å². The van der Waals surface area contributed by atoms with Gasteiger partial charge in [-0.15, -0.1) is 0 Å². The topological polar surface area (TPSA) is 12.0 Å². The normalized spacial score (nSPS) is 20.2. The van der Waals surface area contributed by atoms with Crippen molar-refractivity contribution in [3.05, 3.63) is 12.2 Å².